The number of benzene rings is 1. The van der Waals surface area contributed by atoms with Gasteiger partial charge in [0.25, 0.3) is 5.91 Å². The molecule has 1 amide bonds. The highest BCUT2D eigenvalue weighted by atomic mass is 35.5. The molecule has 28 heavy (non-hydrogen) atoms. The molecule has 0 spiro atoms. The number of nitrogens with one attached hydrogen (secondary N) is 1. The number of hydrogen-bond donors (Lipinski definition) is 1. The van der Waals surface area contributed by atoms with Gasteiger partial charge in [-0.25, -0.2) is 4.79 Å². The van der Waals surface area contributed by atoms with Crippen molar-refractivity contribution in [3.05, 3.63) is 40.2 Å². The van der Waals surface area contributed by atoms with E-state index in [9.17, 15) is 9.59 Å². The number of aromatic nitrogens is 2. The number of methoxy groups -OCH3 is 2. The molecule has 1 aromatic heterocycles. The molecule has 1 heterocycles. The zero-order chi connectivity index (χ0) is 20.8. The van der Waals surface area contributed by atoms with Gasteiger partial charge in [0, 0.05) is 13.1 Å². The minimum absolute atomic E-state index is 0.344. The van der Waals surface area contributed by atoms with Crippen LogP contribution in [0.3, 0.4) is 0 Å². The van der Waals surface area contributed by atoms with Gasteiger partial charge < -0.3 is 19.5 Å². The largest absolute Gasteiger partial charge is 0.493 e. The molecule has 0 unspecified atom stereocenters. The second-order valence-electron chi connectivity index (χ2n) is 5.90. The van der Waals surface area contributed by atoms with E-state index in [4.69, 9.17) is 25.8 Å². The standard InChI is InChI=1S/C19H22ClN3O5/c1-11-18(12(2)23(3)22-11)21-16(24)10-28-17(25)7-6-13-8-14(20)19(27-5)15(9-13)26-4/h6-9H,10H2,1-5H3,(H,21,24)/b7-6+. The van der Waals surface area contributed by atoms with Crippen molar-refractivity contribution in [3.8, 4) is 11.5 Å². The summed E-state index contributed by atoms with van der Waals surface area (Å²) >= 11 is 6.12. The average molecular weight is 408 g/mol. The monoisotopic (exact) mass is 407 g/mol. The molecule has 150 valence electrons. The molecule has 0 saturated carbocycles. The lowest BCUT2D eigenvalue weighted by Gasteiger charge is -2.10. The van der Waals surface area contributed by atoms with Gasteiger partial charge in [0.05, 0.1) is 36.3 Å². The molecule has 0 saturated heterocycles. The summed E-state index contributed by atoms with van der Waals surface area (Å²) in [4.78, 5) is 23.9. The van der Waals surface area contributed by atoms with Crippen LogP contribution in [0.4, 0.5) is 5.69 Å². The van der Waals surface area contributed by atoms with E-state index in [1.165, 1.54) is 26.4 Å². The minimum Gasteiger partial charge on any atom is -0.493 e. The Labute approximate surface area is 168 Å². The van der Waals surface area contributed by atoms with E-state index in [0.717, 1.165) is 5.69 Å². The van der Waals surface area contributed by atoms with Gasteiger partial charge in [-0.2, -0.15) is 5.10 Å². The number of esters is 1. The molecule has 0 radical (unpaired) electrons. The second kappa shape index (κ2) is 9.27. The Bertz CT molecular complexity index is 921. The summed E-state index contributed by atoms with van der Waals surface area (Å²) in [5, 5.41) is 7.24. The normalized spacial score (nSPS) is 10.8. The summed E-state index contributed by atoms with van der Waals surface area (Å²) in [6.07, 6.45) is 2.70. The smallest absolute Gasteiger partial charge is 0.331 e. The molecule has 1 aromatic carbocycles. The van der Waals surface area contributed by atoms with Crippen LogP contribution >= 0.6 is 11.6 Å². The van der Waals surface area contributed by atoms with Crippen LogP contribution in [0.1, 0.15) is 17.0 Å². The van der Waals surface area contributed by atoms with E-state index in [1.54, 1.807) is 30.8 Å². The summed E-state index contributed by atoms with van der Waals surface area (Å²) in [7, 11) is 4.75. The van der Waals surface area contributed by atoms with Gasteiger partial charge in [0.2, 0.25) is 0 Å². The molecule has 2 aromatic rings. The number of halogens is 1. The summed E-state index contributed by atoms with van der Waals surface area (Å²) in [6, 6.07) is 3.28. The lowest BCUT2D eigenvalue weighted by atomic mass is 10.2. The number of rotatable bonds is 7. The first-order valence-corrected chi connectivity index (χ1v) is 8.71. The number of ether oxygens (including phenoxy) is 3. The van der Waals surface area contributed by atoms with Gasteiger partial charge >= 0.3 is 5.97 Å². The third-order valence-corrected chi connectivity index (χ3v) is 4.27. The van der Waals surface area contributed by atoms with E-state index in [1.807, 2.05) is 6.92 Å². The molecule has 0 bridgehead atoms. The summed E-state index contributed by atoms with van der Waals surface area (Å²) in [5.41, 5.74) is 2.72. The van der Waals surface area contributed by atoms with E-state index >= 15 is 0 Å². The average Bonchev–Trinajstić information content (AvgIpc) is 2.90. The SMILES string of the molecule is COc1cc(/C=C/C(=O)OCC(=O)Nc2c(C)nn(C)c2C)cc(Cl)c1OC. The lowest BCUT2D eigenvalue weighted by Crippen LogP contribution is -2.20. The van der Waals surface area contributed by atoms with E-state index in [-0.39, 0.29) is 0 Å². The third kappa shape index (κ3) is 5.04. The Morgan fingerprint density at radius 3 is 2.54 bits per heavy atom. The lowest BCUT2D eigenvalue weighted by molar-refractivity contribution is -0.142. The van der Waals surface area contributed by atoms with Gasteiger partial charge in [-0.1, -0.05) is 11.6 Å². The van der Waals surface area contributed by atoms with Crippen LogP contribution in [0, 0.1) is 13.8 Å². The molecule has 2 rings (SSSR count). The van der Waals surface area contributed by atoms with Crippen LogP contribution < -0.4 is 14.8 Å². The summed E-state index contributed by atoms with van der Waals surface area (Å²) in [5.74, 6) is -0.276. The highest BCUT2D eigenvalue weighted by molar-refractivity contribution is 6.32. The number of amides is 1. The molecule has 0 atom stereocenters. The molecule has 0 aliphatic carbocycles. The fourth-order valence-corrected chi connectivity index (χ4v) is 2.81. The maximum atomic E-state index is 12.0. The first-order valence-electron chi connectivity index (χ1n) is 8.33. The van der Waals surface area contributed by atoms with Crippen molar-refractivity contribution in [2.24, 2.45) is 7.05 Å². The Morgan fingerprint density at radius 1 is 1.25 bits per heavy atom. The highest BCUT2D eigenvalue weighted by Crippen LogP contribution is 2.36. The Balaban J connectivity index is 1.95. The Morgan fingerprint density at radius 2 is 1.96 bits per heavy atom. The number of carbonyl (C=O) groups is 2. The van der Waals surface area contributed by atoms with Crippen molar-refractivity contribution in [2.75, 3.05) is 26.1 Å². The zero-order valence-corrected chi connectivity index (χ0v) is 17.1. The van der Waals surface area contributed by atoms with E-state index in [2.05, 4.69) is 10.4 Å². The van der Waals surface area contributed by atoms with Crippen LogP contribution in [0.5, 0.6) is 11.5 Å². The van der Waals surface area contributed by atoms with Gasteiger partial charge in [0.15, 0.2) is 18.1 Å². The molecule has 1 N–H and O–H groups in total. The van der Waals surface area contributed by atoms with Gasteiger partial charge in [-0.15, -0.1) is 0 Å². The topological polar surface area (TPSA) is 91.7 Å². The number of aryl methyl sites for hydroxylation is 2. The van der Waals surface area contributed by atoms with Crippen LogP contribution in [0.25, 0.3) is 6.08 Å². The molecule has 9 heteroatoms. The van der Waals surface area contributed by atoms with E-state index < -0.39 is 18.5 Å². The zero-order valence-electron chi connectivity index (χ0n) is 16.3. The fourth-order valence-electron chi connectivity index (χ4n) is 2.51. The molecule has 0 fully saturated rings. The number of nitrogens with zero attached hydrogens (tertiary/aromatic N) is 2. The first-order chi connectivity index (χ1) is 13.3. The Hall–Kier alpha value is -3.00. The van der Waals surface area contributed by atoms with Crippen molar-refractivity contribution in [2.45, 2.75) is 13.8 Å². The third-order valence-electron chi connectivity index (χ3n) is 3.99. The highest BCUT2D eigenvalue weighted by Gasteiger charge is 2.14. The van der Waals surface area contributed by atoms with E-state index in [0.29, 0.717) is 33.5 Å². The molecule has 0 aliphatic heterocycles. The van der Waals surface area contributed by atoms with Crippen molar-refractivity contribution in [1.82, 2.24) is 9.78 Å². The fraction of sp³-hybridized carbons (Fsp3) is 0.316. The molecular weight excluding hydrogens is 386 g/mol. The Kier molecular flexibility index (Phi) is 7.06. The van der Waals surface area contributed by atoms with Gasteiger partial charge in [-0.3, -0.25) is 9.48 Å². The van der Waals surface area contributed by atoms with Crippen molar-refractivity contribution < 1.29 is 23.8 Å². The minimum atomic E-state index is -0.666. The van der Waals surface area contributed by atoms with Gasteiger partial charge in [-0.05, 0) is 37.6 Å². The second-order valence-corrected chi connectivity index (χ2v) is 6.30. The van der Waals surface area contributed by atoms with Crippen LogP contribution in [-0.2, 0) is 21.4 Å². The molecule has 8 nitrogen and oxygen atoms in total. The number of carbonyl (C=O) groups excluding carboxylic acids is 2. The van der Waals surface area contributed by atoms with Crippen LogP contribution in [0.15, 0.2) is 18.2 Å². The molecule has 0 aliphatic rings. The van der Waals surface area contributed by atoms with Crippen LogP contribution in [-0.4, -0.2) is 42.5 Å². The first kappa shape index (κ1) is 21.3. The van der Waals surface area contributed by atoms with Crippen molar-refractivity contribution >= 4 is 35.2 Å². The summed E-state index contributed by atoms with van der Waals surface area (Å²) < 4.78 is 17.0. The van der Waals surface area contributed by atoms with Crippen LogP contribution in [0.2, 0.25) is 5.02 Å². The summed E-state index contributed by atoms with van der Waals surface area (Å²) in [6.45, 7) is 3.20. The quantitative estimate of drug-likeness (QED) is 0.560. The van der Waals surface area contributed by atoms with Gasteiger partial charge in [0.1, 0.15) is 0 Å². The predicted molar refractivity (Wildman–Crippen MR) is 106 cm³/mol. The number of hydrogen-bond acceptors (Lipinski definition) is 6. The molecular formula is C19H22ClN3O5. The maximum Gasteiger partial charge on any atom is 0.331 e. The predicted octanol–water partition coefficient (Wildman–Crippen LogP) is 2.90. The number of anilines is 1. The maximum absolute atomic E-state index is 12.0. The van der Waals surface area contributed by atoms with Crippen molar-refractivity contribution in [3.63, 3.8) is 0 Å². The van der Waals surface area contributed by atoms with Crippen molar-refractivity contribution in [1.29, 1.82) is 0 Å².